The highest BCUT2D eigenvalue weighted by Gasteiger charge is 2.19. The monoisotopic (exact) mass is 362 g/mol. The molecule has 0 bridgehead atoms. The maximum Gasteiger partial charge on any atom is 0.220 e. The molecule has 1 N–H and O–H groups in total. The normalized spacial score (nSPS) is 12.8. The van der Waals surface area contributed by atoms with E-state index in [1.807, 2.05) is 0 Å². The molecule has 0 aliphatic heterocycles. The molecule has 0 saturated carbocycles. The van der Waals surface area contributed by atoms with Crippen molar-refractivity contribution in [2.75, 3.05) is 12.3 Å². The first kappa shape index (κ1) is 20.9. The summed E-state index contributed by atoms with van der Waals surface area (Å²) in [6.07, 6.45) is 5.33. The number of carbonyl (C=O) groups is 2. The molecule has 0 aromatic carbocycles. The lowest BCUT2D eigenvalue weighted by Gasteiger charge is -2.26. The molecule has 0 aliphatic rings. The van der Waals surface area contributed by atoms with Gasteiger partial charge in [0.05, 0.1) is 0 Å². The van der Waals surface area contributed by atoms with Gasteiger partial charge >= 0.3 is 0 Å². The zero-order chi connectivity index (χ0) is 18.6. The fourth-order valence-corrected chi connectivity index (χ4v) is 4.74. The second kappa shape index (κ2) is 12.2. The summed E-state index contributed by atoms with van der Waals surface area (Å²) in [6.45, 7) is 11.7. The van der Waals surface area contributed by atoms with Crippen molar-refractivity contribution in [2.24, 2.45) is 5.41 Å². The molecule has 5 heteroatoms. The highest BCUT2D eigenvalue weighted by Crippen LogP contribution is 2.38. The molecule has 136 valence electrons. The quantitative estimate of drug-likeness (QED) is 0.261. The Labute approximate surface area is 152 Å². The Kier molecular flexibility index (Phi) is 11.1. The van der Waals surface area contributed by atoms with Crippen molar-refractivity contribution in [1.29, 1.82) is 0 Å². The van der Waals surface area contributed by atoms with Gasteiger partial charge in [0.15, 0.2) is 0 Å². The first-order chi connectivity index (χ1) is 11.1. The number of hydrogen-bond acceptors (Lipinski definition) is 4. The lowest BCUT2D eigenvalue weighted by Crippen LogP contribution is -2.28. The van der Waals surface area contributed by atoms with Gasteiger partial charge in [-0.1, -0.05) is 55.2 Å². The Balaban J connectivity index is 3.74. The minimum atomic E-state index is -0.493. The highest BCUT2D eigenvalue weighted by atomic mass is 33.1. The zero-order valence-electron chi connectivity index (χ0n) is 16.5. The number of hydrogen-bond donors (Lipinski definition) is 1. The molecule has 0 spiro atoms. The van der Waals surface area contributed by atoms with Crippen molar-refractivity contribution < 1.29 is 11.0 Å². The van der Waals surface area contributed by atoms with Crippen LogP contribution in [0.4, 0.5) is 0 Å². The molecule has 0 aliphatic carbocycles. The molecule has 0 fully saturated rings. The standard InChI is InChI=1S/C18H35NO2S2/c1-6-18(5,7-2)12-13-19-16(21)10-8-15-22-23-17(3,4)11-9-14-20/h14H,6-13,15H2,1-5H3,(H,19,21)/i14D. The van der Waals surface area contributed by atoms with Gasteiger partial charge in [-0.05, 0) is 38.5 Å². The number of carbonyl (C=O) groups excluding carboxylic acids is 2. The van der Waals surface area contributed by atoms with Crippen LogP contribution in [0.1, 0.15) is 80.9 Å². The van der Waals surface area contributed by atoms with Crippen LogP contribution in [0.3, 0.4) is 0 Å². The highest BCUT2D eigenvalue weighted by molar-refractivity contribution is 8.77. The van der Waals surface area contributed by atoms with Crippen molar-refractivity contribution in [1.82, 2.24) is 5.32 Å². The largest absolute Gasteiger partial charge is 0.356 e. The molecule has 0 radical (unpaired) electrons. The van der Waals surface area contributed by atoms with Gasteiger partial charge in [0.25, 0.3) is 0 Å². The topological polar surface area (TPSA) is 46.2 Å². The molecular formula is C18H35NO2S2. The molecular weight excluding hydrogens is 326 g/mol. The molecule has 1 amide bonds. The lowest BCUT2D eigenvalue weighted by molar-refractivity contribution is -0.121. The first-order valence-electron chi connectivity index (χ1n) is 9.21. The molecule has 0 aromatic heterocycles. The fourth-order valence-electron chi connectivity index (χ4n) is 2.08. The van der Waals surface area contributed by atoms with Gasteiger partial charge in [-0.25, -0.2) is 0 Å². The predicted molar refractivity (Wildman–Crippen MR) is 105 cm³/mol. The van der Waals surface area contributed by atoms with E-state index in [9.17, 15) is 9.59 Å². The van der Waals surface area contributed by atoms with Crippen LogP contribution >= 0.6 is 21.6 Å². The van der Waals surface area contributed by atoms with Crippen molar-refractivity contribution in [2.45, 2.75) is 84.3 Å². The number of rotatable bonds is 14. The van der Waals surface area contributed by atoms with Gasteiger partial charge in [-0.3, -0.25) is 4.79 Å². The van der Waals surface area contributed by atoms with Crippen LogP contribution in [0.5, 0.6) is 0 Å². The van der Waals surface area contributed by atoms with E-state index >= 15 is 0 Å². The smallest absolute Gasteiger partial charge is 0.220 e. The second-order valence-corrected chi connectivity index (χ2v) is 10.2. The van der Waals surface area contributed by atoms with Crippen molar-refractivity contribution >= 4 is 33.8 Å². The number of aldehydes is 1. The van der Waals surface area contributed by atoms with E-state index in [4.69, 9.17) is 1.37 Å². The molecule has 0 unspecified atom stereocenters. The summed E-state index contributed by atoms with van der Waals surface area (Å²) in [5, 5.41) is 3.03. The van der Waals surface area contributed by atoms with Gasteiger partial charge in [-0.2, -0.15) is 0 Å². The van der Waals surface area contributed by atoms with Crippen molar-refractivity contribution in [3.63, 3.8) is 0 Å². The molecule has 0 heterocycles. The predicted octanol–water partition coefficient (Wildman–Crippen LogP) is 5.24. The Morgan fingerprint density at radius 3 is 2.43 bits per heavy atom. The van der Waals surface area contributed by atoms with Gasteiger partial charge < -0.3 is 10.1 Å². The molecule has 0 rings (SSSR count). The summed E-state index contributed by atoms with van der Waals surface area (Å²) in [7, 11) is 3.50. The van der Waals surface area contributed by atoms with Crippen LogP contribution in [-0.2, 0) is 9.59 Å². The van der Waals surface area contributed by atoms with Gasteiger partial charge in [0.2, 0.25) is 5.91 Å². The van der Waals surface area contributed by atoms with E-state index in [1.165, 1.54) is 0 Å². The number of nitrogens with one attached hydrogen (secondary N) is 1. The molecule has 23 heavy (non-hydrogen) atoms. The molecule has 0 aromatic rings. The van der Waals surface area contributed by atoms with E-state index in [0.717, 1.165) is 44.4 Å². The maximum absolute atomic E-state index is 11.9. The summed E-state index contributed by atoms with van der Waals surface area (Å²) in [4.78, 5) is 22.6. The Hall–Kier alpha value is -0.160. The Bertz CT molecular complexity index is 385. The van der Waals surface area contributed by atoms with E-state index < -0.39 is 6.26 Å². The van der Waals surface area contributed by atoms with E-state index in [2.05, 4.69) is 39.9 Å². The summed E-state index contributed by atoms with van der Waals surface area (Å²) in [5.41, 5.74) is 0.339. The van der Waals surface area contributed by atoms with Crippen molar-refractivity contribution in [3.8, 4) is 0 Å². The third-order valence-corrected chi connectivity index (χ3v) is 7.94. The average Bonchev–Trinajstić information content (AvgIpc) is 2.52. The second-order valence-electron chi connectivity index (χ2n) is 7.03. The van der Waals surface area contributed by atoms with Crippen molar-refractivity contribution in [3.05, 3.63) is 0 Å². The minimum absolute atomic E-state index is 0.00556. The first-order valence-corrected chi connectivity index (χ1v) is 11.0. The van der Waals surface area contributed by atoms with Crippen LogP contribution in [-0.4, -0.2) is 29.2 Å². The third-order valence-electron chi connectivity index (χ3n) is 4.50. The molecule has 0 saturated heterocycles. The molecule has 3 nitrogen and oxygen atoms in total. The minimum Gasteiger partial charge on any atom is -0.356 e. The van der Waals surface area contributed by atoms with Crippen LogP contribution in [0.15, 0.2) is 0 Å². The van der Waals surface area contributed by atoms with Crippen LogP contribution < -0.4 is 5.32 Å². The molecule has 0 atom stereocenters. The average molecular weight is 363 g/mol. The van der Waals surface area contributed by atoms with Crippen LogP contribution in [0.2, 0.25) is 0 Å². The van der Waals surface area contributed by atoms with Crippen LogP contribution in [0, 0.1) is 5.41 Å². The Morgan fingerprint density at radius 2 is 1.87 bits per heavy atom. The fraction of sp³-hybridized carbons (Fsp3) is 0.889. The third kappa shape index (κ3) is 11.9. The van der Waals surface area contributed by atoms with E-state index in [0.29, 0.717) is 18.3 Å². The summed E-state index contributed by atoms with van der Waals surface area (Å²) in [5.74, 6) is 1.08. The SMILES string of the molecule is [2H]C(=O)CCC(C)(C)SSCCCC(=O)NCCC(C)(CC)CC. The van der Waals surface area contributed by atoms with Gasteiger partial charge in [-0.15, -0.1) is 0 Å². The summed E-state index contributed by atoms with van der Waals surface area (Å²) in [6, 6.07) is 0. The van der Waals surface area contributed by atoms with Gasteiger partial charge in [0, 0.05) is 29.9 Å². The lowest BCUT2D eigenvalue weighted by atomic mass is 9.81. The maximum atomic E-state index is 11.9. The van der Waals surface area contributed by atoms with Gasteiger partial charge in [0.1, 0.15) is 7.63 Å². The van der Waals surface area contributed by atoms with Crippen LogP contribution in [0.25, 0.3) is 0 Å². The summed E-state index contributed by atoms with van der Waals surface area (Å²) >= 11 is 0. The Morgan fingerprint density at radius 1 is 1.22 bits per heavy atom. The zero-order valence-corrected chi connectivity index (χ0v) is 17.1. The van der Waals surface area contributed by atoms with E-state index in [-0.39, 0.29) is 10.7 Å². The summed E-state index contributed by atoms with van der Waals surface area (Å²) < 4.78 is 6.96. The van der Waals surface area contributed by atoms with E-state index in [1.54, 1.807) is 21.6 Å². The number of amides is 1.